The smallest absolute Gasteiger partial charge is 0.0522 e. The molecule has 1 saturated carbocycles. The SMILES string of the molecule is c1ccc2c(c1)SCC2Cn1nccc1CNC1CC1. The number of hydrogen-bond acceptors (Lipinski definition) is 3. The Balaban J connectivity index is 1.48. The van der Waals surface area contributed by atoms with Gasteiger partial charge in [0.2, 0.25) is 0 Å². The minimum atomic E-state index is 0.593. The van der Waals surface area contributed by atoms with E-state index in [1.807, 2.05) is 18.0 Å². The van der Waals surface area contributed by atoms with Gasteiger partial charge in [-0.05, 0) is 30.5 Å². The van der Waals surface area contributed by atoms with Crippen LogP contribution in [0.4, 0.5) is 0 Å². The minimum absolute atomic E-state index is 0.593. The highest BCUT2D eigenvalue weighted by Crippen LogP contribution is 2.40. The maximum atomic E-state index is 4.52. The Morgan fingerprint density at radius 3 is 3.05 bits per heavy atom. The predicted octanol–water partition coefficient (Wildman–Crippen LogP) is 3.02. The third kappa shape index (κ3) is 2.50. The fraction of sp³-hybridized carbons (Fsp3) is 0.438. The third-order valence-corrected chi connectivity index (χ3v) is 5.40. The zero-order chi connectivity index (χ0) is 13.4. The molecule has 3 nitrogen and oxygen atoms in total. The Bertz CT molecular complexity index is 603. The largest absolute Gasteiger partial charge is 0.308 e. The first-order valence-corrected chi connectivity index (χ1v) is 8.34. The summed E-state index contributed by atoms with van der Waals surface area (Å²) in [5.74, 6) is 1.77. The summed E-state index contributed by atoms with van der Waals surface area (Å²) >= 11 is 1.98. The number of thioether (sulfide) groups is 1. The van der Waals surface area contributed by atoms with Gasteiger partial charge < -0.3 is 5.32 Å². The average Bonchev–Trinajstić information content (AvgIpc) is 3.07. The van der Waals surface area contributed by atoms with Crippen molar-refractivity contribution < 1.29 is 0 Å². The van der Waals surface area contributed by atoms with Gasteiger partial charge in [-0.3, -0.25) is 4.68 Å². The van der Waals surface area contributed by atoms with Gasteiger partial charge in [0.25, 0.3) is 0 Å². The highest BCUT2D eigenvalue weighted by molar-refractivity contribution is 7.99. The van der Waals surface area contributed by atoms with Gasteiger partial charge >= 0.3 is 0 Å². The van der Waals surface area contributed by atoms with E-state index in [0.717, 1.165) is 19.1 Å². The van der Waals surface area contributed by atoms with Crippen LogP contribution in [0.3, 0.4) is 0 Å². The summed E-state index contributed by atoms with van der Waals surface area (Å²) in [5.41, 5.74) is 2.81. The molecule has 20 heavy (non-hydrogen) atoms. The molecule has 0 amide bonds. The molecule has 104 valence electrons. The molecule has 2 aromatic rings. The summed E-state index contributed by atoms with van der Waals surface area (Å²) in [7, 11) is 0. The van der Waals surface area contributed by atoms with Crippen molar-refractivity contribution in [1.82, 2.24) is 15.1 Å². The van der Waals surface area contributed by atoms with Crippen molar-refractivity contribution in [3.63, 3.8) is 0 Å². The average molecular weight is 285 g/mol. The maximum Gasteiger partial charge on any atom is 0.0522 e. The molecule has 4 rings (SSSR count). The molecule has 0 radical (unpaired) electrons. The quantitative estimate of drug-likeness (QED) is 0.916. The van der Waals surface area contributed by atoms with E-state index >= 15 is 0 Å². The fourth-order valence-corrected chi connectivity index (χ4v) is 4.04. The van der Waals surface area contributed by atoms with Gasteiger partial charge in [-0.2, -0.15) is 5.10 Å². The molecule has 1 aliphatic heterocycles. The van der Waals surface area contributed by atoms with E-state index < -0.39 is 0 Å². The first-order valence-electron chi connectivity index (χ1n) is 7.36. The lowest BCUT2D eigenvalue weighted by molar-refractivity contribution is 0.513. The molecule has 0 spiro atoms. The second kappa shape index (κ2) is 5.26. The lowest BCUT2D eigenvalue weighted by atomic mass is 10.0. The number of fused-ring (bicyclic) bond motifs is 1. The van der Waals surface area contributed by atoms with Crippen LogP contribution in [0.15, 0.2) is 41.4 Å². The molecule has 2 aliphatic rings. The van der Waals surface area contributed by atoms with Gasteiger partial charge in [0.15, 0.2) is 0 Å². The summed E-state index contributed by atoms with van der Waals surface area (Å²) in [6.07, 6.45) is 4.60. The van der Waals surface area contributed by atoms with E-state index in [1.54, 1.807) is 0 Å². The van der Waals surface area contributed by atoms with Crippen molar-refractivity contribution in [2.24, 2.45) is 0 Å². The van der Waals surface area contributed by atoms with Crippen molar-refractivity contribution in [1.29, 1.82) is 0 Å². The van der Waals surface area contributed by atoms with E-state index in [9.17, 15) is 0 Å². The molecule has 1 aromatic heterocycles. The fourth-order valence-electron chi connectivity index (χ4n) is 2.80. The van der Waals surface area contributed by atoms with Crippen molar-refractivity contribution in [2.75, 3.05) is 5.75 Å². The Labute approximate surface area is 123 Å². The van der Waals surface area contributed by atoms with Gasteiger partial charge in [0.05, 0.1) is 5.69 Å². The van der Waals surface area contributed by atoms with Crippen molar-refractivity contribution in [2.45, 2.75) is 42.8 Å². The van der Waals surface area contributed by atoms with E-state index in [1.165, 1.54) is 34.7 Å². The van der Waals surface area contributed by atoms with Crippen LogP contribution < -0.4 is 5.32 Å². The molecule has 1 aromatic carbocycles. The minimum Gasteiger partial charge on any atom is -0.308 e. The topological polar surface area (TPSA) is 29.9 Å². The van der Waals surface area contributed by atoms with Crippen molar-refractivity contribution in [3.8, 4) is 0 Å². The van der Waals surface area contributed by atoms with Gasteiger partial charge in [0.1, 0.15) is 0 Å². The molecule has 1 fully saturated rings. The van der Waals surface area contributed by atoms with Gasteiger partial charge in [-0.25, -0.2) is 0 Å². The van der Waals surface area contributed by atoms with E-state index in [0.29, 0.717) is 5.92 Å². The second-order valence-electron chi connectivity index (χ2n) is 5.71. The standard InChI is InChI=1S/C16H19N3S/c1-2-4-16-15(3-1)12(11-20-16)10-19-14(7-8-18-19)9-17-13-5-6-13/h1-4,7-8,12-13,17H,5-6,9-11H2. The van der Waals surface area contributed by atoms with Crippen molar-refractivity contribution >= 4 is 11.8 Å². The number of rotatable bonds is 5. The molecular weight excluding hydrogens is 266 g/mol. The first-order chi connectivity index (χ1) is 9.90. The monoisotopic (exact) mass is 285 g/mol. The van der Waals surface area contributed by atoms with Crippen LogP contribution in [0.2, 0.25) is 0 Å². The number of benzene rings is 1. The Kier molecular flexibility index (Phi) is 3.28. The van der Waals surface area contributed by atoms with E-state index in [2.05, 4.69) is 45.4 Å². The third-order valence-electron chi connectivity index (χ3n) is 4.15. The van der Waals surface area contributed by atoms with Crippen LogP contribution in [-0.2, 0) is 13.1 Å². The summed E-state index contributed by atoms with van der Waals surface area (Å²) in [5, 5.41) is 8.10. The number of hydrogen-bond donors (Lipinski definition) is 1. The van der Waals surface area contributed by atoms with Crippen LogP contribution in [0.5, 0.6) is 0 Å². The molecule has 1 unspecified atom stereocenters. The second-order valence-corrected chi connectivity index (χ2v) is 6.77. The molecular formula is C16H19N3S. The van der Waals surface area contributed by atoms with Crippen molar-refractivity contribution in [3.05, 3.63) is 47.8 Å². The summed E-state index contributed by atoms with van der Waals surface area (Å²) < 4.78 is 2.18. The molecule has 2 heterocycles. The number of nitrogens with one attached hydrogen (secondary N) is 1. The lowest BCUT2D eigenvalue weighted by Crippen LogP contribution is -2.20. The maximum absolute atomic E-state index is 4.52. The molecule has 0 bridgehead atoms. The predicted molar refractivity (Wildman–Crippen MR) is 82.0 cm³/mol. The van der Waals surface area contributed by atoms with Crippen LogP contribution >= 0.6 is 11.8 Å². The Morgan fingerprint density at radius 1 is 1.25 bits per heavy atom. The van der Waals surface area contributed by atoms with Crippen LogP contribution in [-0.4, -0.2) is 21.6 Å². The molecule has 4 heteroatoms. The summed E-state index contributed by atoms with van der Waals surface area (Å²) in [6.45, 7) is 1.95. The normalized spacial score (nSPS) is 21.1. The lowest BCUT2D eigenvalue weighted by Gasteiger charge is -2.14. The number of nitrogens with zero attached hydrogens (tertiary/aromatic N) is 2. The number of aromatic nitrogens is 2. The highest BCUT2D eigenvalue weighted by Gasteiger charge is 2.24. The first kappa shape index (κ1) is 12.5. The highest BCUT2D eigenvalue weighted by atomic mass is 32.2. The van der Waals surface area contributed by atoms with E-state index in [-0.39, 0.29) is 0 Å². The van der Waals surface area contributed by atoms with Crippen LogP contribution in [0.1, 0.15) is 30.0 Å². The molecule has 1 N–H and O–H groups in total. The summed E-state index contributed by atoms with van der Waals surface area (Å²) in [6, 6.07) is 11.7. The van der Waals surface area contributed by atoms with Crippen LogP contribution in [0.25, 0.3) is 0 Å². The van der Waals surface area contributed by atoms with Gasteiger partial charge in [0, 0.05) is 41.9 Å². The Hall–Kier alpha value is -1.26. The molecule has 1 aliphatic carbocycles. The Morgan fingerprint density at radius 2 is 2.15 bits per heavy atom. The van der Waals surface area contributed by atoms with Gasteiger partial charge in [-0.15, -0.1) is 11.8 Å². The molecule has 0 saturated heterocycles. The van der Waals surface area contributed by atoms with E-state index in [4.69, 9.17) is 0 Å². The summed E-state index contributed by atoms with van der Waals surface area (Å²) in [4.78, 5) is 1.45. The van der Waals surface area contributed by atoms with Gasteiger partial charge in [-0.1, -0.05) is 18.2 Å². The zero-order valence-electron chi connectivity index (χ0n) is 11.5. The molecule has 1 atom stereocenters. The zero-order valence-corrected chi connectivity index (χ0v) is 12.3. The van der Waals surface area contributed by atoms with Crippen LogP contribution in [0, 0.1) is 0 Å².